The molecule has 0 radical (unpaired) electrons. The van der Waals surface area contributed by atoms with Crippen LogP contribution in [-0.4, -0.2) is 42.8 Å². The molecule has 0 heterocycles. The molecule has 0 aliphatic rings. The van der Waals surface area contributed by atoms with Crippen molar-refractivity contribution in [3.63, 3.8) is 0 Å². The number of ether oxygens (including phenoxy) is 1. The second-order valence-electron chi connectivity index (χ2n) is 2.87. The molecule has 1 amide bonds. The van der Waals surface area contributed by atoms with Gasteiger partial charge in [-0.15, -0.1) is 6.58 Å². The molecule has 4 N–H and O–H groups in total. The average molecular weight is 216 g/mol. The highest BCUT2D eigenvalue weighted by Crippen LogP contribution is 1.87. The molecule has 6 heteroatoms. The van der Waals surface area contributed by atoms with E-state index in [1.54, 1.807) is 6.08 Å². The minimum atomic E-state index is -1.04. The molecule has 1 atom stereocenters. The van der Waals surface area contributed by atoms with E-state index in [-0.39, 0.29) is 25.7 Å². The topological polar surface area (TPSA) is 102 Å². The molecule has 0 aromatic carbocycles. The van der Waals surface area contributed by atoms with Gasteiger partial charge in [0.2, 0.25) is 5.91 Å². The molecule has 0 saturated carbocycles. The zero-order valence-electron chi connectivity index (χ0n) is 8.44. The lowest BCUT2D eigenvalue weighted by Gasteiger charge is -2.09. The van der Waals surface area contributed by atoms with Gasteiger partial charge in [-0.3, -0.25) is 4.79 Å². The summed E-state index contributed by atoms with van der Waals surface area (Å²) in [5.74, 6) is -1.33. The lowest BCUT2D eigenvalue weighted by atomic mass is 10.2. The average Bonchev–Trinajstić information content (AvgIpc) is 2.16. The fourth-order valence-electron chi connectivity index (χ4n) is 0.824. The maximum atomic E-state index is 11.2. The van der Waals surface area contributed by atoms with Gasteiger partial charge in [0, 0.05) is 6.54 Å². The number of carbonyl (C=O) groups excluding carboxylic acids is 1. The van der Waals surface area contributed by atoms with Crippen molar-refractivity contribution in [1.29, 1.82) is 0 Å². The lowest BCUT2D eigenvalue weighted by Crippen LogP contribution is -2.41. The fourth-order valence-corrected chi connectivity index (χ4v) is 0.824. The van der Waals surface area contributed by atoms with E-state index in [1.807, 2.05) is 0 Å². The van der Waals surface area contributed by atoms with Gasteiger partial charge in [0.15, 0.2) is 0 Å². The van der Waals surface area contributed by atoms with E-state index >= 15 is 0 Å². The van der Waals surface area contributed by atoms with E-state index in [1.165, 1.54) is 0 Å². The number of rotatable bonds is 8. The highest BCUT2D eigenvalue weighted by molar-refractivity contribution is 5.81. The van der Waals surface area contributed by atoms with Gasteiger partial charge in [-0.25, -0.2) is 4.79 Å². The molecular weight excluding hydrogens is 200 g/mol. The molecule has 0 bridgehead atoms. The minimum absolute atomic E-state index is 0.152. The van der Waals surface area contributed by atoms with Crippen molar-refractivity contribution in [2.24, 2.45) is 5.73 Å². The number of carboxylic acid groups (broad SMARTS) is 1. The van der Waals surface area contributed by atoms with Gasteiger partial charge in [-0.05, 0) is 6.42 Å². The van der Waals surface area contributed by atoms with Gasteiger partial charge in [0.25, 0.3) is 0 Å². The van der Waals surface area contributed by atoms with Crippen LogP contribution in [0.4, 0.5) is 0 Å². The zero-order valence-corrected chi connectivity index (χ0v) is 8.44. The number of nitrogens with one attached hydrogen (secondary N) is 1. The number of hydrogen-bond acceptors (Lipinski definition) is 4. The van der Waals surface area contributed by atoms with Crippen LogP contribution >= 0.6 is 0 Å². The van der Waals surface area contributed by atoms with Crippen LogP contribution in [0.2, 0.25) is 0 Å². The first-order valence-electron chi connectivity index (χ1n) is 4.51. The molecule has 0 aliphatic heterocycles. The molecule has 15 heavy (non-hydrogen) atoms. The standard InChI is InChI=1S/C9H16N2O4/c1-2-3-7(10)9(14)11-4-5-15-6-8(12)13/h2,7H,1,3-6,10H2,(H,11,14)(H,12,13). The Balaban J connectivity index is 3.46. The molecule has 0 aliphatic carbocycles. The van der Waals surface area contributed by atoms with Crippen LogP contribution in [0.1, 0.15) is 6.42 Å². The molecule has 0 aromatic heterocycles. The van der Waals surface area contributed by atoms with Crippen LogP contribution in [0.3, 0.4) is 0 Å². The molecule has 86 valence electrons. The Kier molecular flexibility index (Phi) is 7.21. The SMILES string of the molecule is C=CCC(N)C(=O)NCCOCC(=O)O. The van der Waals surface area contributed by atoms with Crippen molar-refractivity contribution in [1.82, 2.24) is 5.32 Å². The molecule has 1 unspecified atom stereocenters. The number of aliphatic carboxylic acids is 1. The Morgan fingerprint density at radius 3 is 2.80 bits per heavy atom. The first kappa shape index (κ1) is 13.6. The van der Waals surface area contributed by atoms with Crippen molar-refractivity contribution in [3.8, 4) is 0 Å². The Hall–Kier alpha value is -1.40. The summed E-state index contributed by atoms with van der Waals surface area (Å²) < 4.78 is 4.71. The van der Waals surface area contributed by atoms with E-state index in [2.05, 4.69) is 11.9 Å². The summed E-state index contributed by atoms with van der Waals surface area (Å²) in [7, 11) is 0. The van der Waals surface area contributed by atoms with Crippen molar-refractivity contribution in [2.75, 3.05) is 19.8 Å². The molecule has 0 spiro atoms. The third-order valence-corrected chi connectivity index (χ3v) is 1.53. The van der Waals surface area contributed by atoms with Crippen molar-refractivity contribution in [3.05, 3.63) is 12.7 Å². The fraction of sp³-hybridized carbons (Fsp3) is 0.556. The number of nitrogens with two attached hydrogens (primary N) is 1. The maximum Gasteiger partial charge on any atom is 0.329 e. The first-order valence-corrected chi connectivity index (χ1v) is 4.51. The number of amides is 1. The predicted octanol–water partition coefficient (Wildman–Crippen LogP) is -0.893. The molecule has 0 aromatic rings. The quantitative estimate of drug-likeness (QED) is 0.361. The summed E-state index contributed by atoms with van der Waals surface area (Å²) in [5, 5.41) is 10.7. The lowest BCUT2D eigenvalue weighted by molar-refractivity contribution is -0.142. The maximum absolute atomic E-state index is 11.2. The van der Waals surface area contributed by atoms with Gasteiger partial charge in [0.05, 0.1) is 12.6 Å². The van der Waals surface area contributed by atoms with E-state index in [0.717, 1.165) is 0 Å². The summed E-state index contributed by atoms with van der Waals surface area (Å²) in [6, 6.07) is -0.609. The predicted molar refractivity (Wildman–Crippen MR) is 54.3 cm³/mol. The monoisotopic (exact) mass is 216 g/mol. The third kappa shape index (κ3) is 7.65. The van der Waals surface area contributed by atoms with E-state index in [9.17, 15) is 9.59 Å². The third-order valence-electron chi connectivity index (χ3n) is 1.53. The Morgan fingerprint density at radius 2 is 2.27 bits per heavy atom. The molecule has 0 rings (SSSR count). The second-order valence-corrected chi connectivity index (χ2v) is 2.87. The molecule has 6 nitrogen and oxygen atoms in total. The van der Waals surface area contributed by atoms with E-state index in [4.69, 9.17) is 15.6 Å². The highest BCUT2D eigenvalue weighted by atomic mass is 16.5. The van der Waals surface area contributed by atoms with Gasteiger partial charge in [-0.2, -0.15) is 0 Å². The Labute approximate surface area is 88.1 Å². The largest absolute Gasteiger partial charge is 0.480 e. The zero-order chi connectivity index (χ0) is 11.7. The smallest absolute Gasteiger partial charge is 0.329 e. The van der Waals surface area contributed by atoms with Gasteiger partial charge >= 0.3 is 5.97 Å². The summed E-state index contributed by atoms with van der Waals surface area (Å²) in [4.78, 5) is 21.2. The summed E-state index contributed by atoms with van der Waals surface area (Å²) in [6.45, 7) is 3.49. The summed E-state index contributed by atoms with van der Waals surface area (Å²) in [5.41, 5.74) is 5.47. The van der Waals surface area contributed by atoms with Crippen LogP contribution in [0.25, 0.3) is 0 Å². The number of carboxylic acids is 1. The van der Waals surface area contributed by atoms with E-state index < -0.39 is 12.0 Å². The van der Waals surface area contributed by atoms with Crippen LogP contribution in [0.15, 0.2) is 12.7 Å². The molecule has 0 fully saturated rings. The summed E-state index contributed by atoms with van der Waals surface area (Å²) >= 11 is 0. The van der Waals surface area contributed by atoms with Crippen LogP contribution < -0.4 is 11.1 Å². The number of carbonyl (C=O) groups is 2. The minimum Gasteiger partial charge on any atom is -0.480 e. The van der Waals surface area contributed by atoms with Gasteiger partial charge < -0.3 is 20.9 Å². The molecular formula is C9H16N2O4. The van der Waals surface area contributed by atoms with Crippen molar-refractivity contribution >= 4 is 11.9 Å². The number of hydrogen-bond donors (Lipinski definition) is 3. The van der Waals surface area contributed by atoms with E-state index in [0.29, 0.717) is 6.42 Å². The van der Waals surface area contributed by atoms with Crippen molar-refractivity contribution in [2.45, 2.75) is 12.5 Å². The summed E-state index contributed by atoms with van der Waals surface area (Å²) in [6.07, 6.45) is 1.97. The van der Waals surface area contributed by atoms with Crippen LogP contribution in [0.5, 0.6) is 0 Å². The van der Waals surface area contributed by atoms with Crippen molar-refractivity contribution < 1.29 is 19.4 Å². The van der Waals surface area contributed by atoms with Gasteiger partial charge in [-0.1, -0.05) is 6.08 Å². The second kappa shape index (κ2) is 7.95. The Bertz CT molecular complexity index is 230. The van der Waals surface area contributed by atoms with Crippen LogP contribution in [-0.2, 0) is 14.3 Å². The molecule has 0 saturated heterocycles. The Morgan fingerprint density at radius 1 is 1.60 bits per heavy atom. The normalized spacial score (nSPS) is 11.8. The van der Waals surface area contributed by atoms with Gasteiger partial charge in [0.1, 0.15) is 6.61 Å². The van der Waals surface area contributed by atoms with Crippen LogP contribution in [0, 0.1) is 0 Å². The highest BCUT2D eigenvalue weighted by Gasteiger charge is 2.10. The first-order chi connectivity index (χ1) is 7.07.